The van der Waals surface area contributed by atoms with Crippen molar-refractivity contribution in [3.8, 4) is 0 Å². The van der Waals surface area contributed by atoms with Crippen LogP contribution in [-0.2, 0) is 69.4 Å². The molecule has 0 aromatic heterocycles. The fourth-order valence-corrected chi connectivity index (χ4v) is 0. The molecule has 0 aromatic rings. The van der Waals surface area contributed by atoms with Gasteiger partial charge in [0.15, 0.2) is 17.4 Å². The van der Waals surface area contributed by atoms with E-state index in [4.69, 9.17) is 0 Å². The molecular weight excluding hydrogens is 283 g/mol. The molecule has 0 amide bonds. The van der Waals surface area contributed by atoms with Crippen molar-refractivity contribution in [1.29, 1.82) is 0 Å². The van der Waals surface area contributed by atoms with Crippen LogP contribution in [0.3, 0.4) is 0 Å². The van der Waals surface area contributed by atoms with Crippen LogP contribution < -0.4 is 0 Å². The molecule has 0 rings (SSSR count). The number of rotatable bonds is 0. The molecule has 8 heteroatoms. The van der Waals surface area contributed by atoms with E-state index >= 15 is 0 Å². The molecule has 0 spiro atoms. The molecule has 0 saturated heterocycles. The summed E-state index contributed by atoms with van der Waals surface area (Å²) in [6.07, 6.45) is 0. The summed E-state index contributed by atoms with van der Waals surface area (Å²) in [6.45, 7) is 0. The van der Waals surface area contributed by atoms with Crippen molar-refractivity contribution in [2.24, 2.45) is 0 Å². The summed E-state index contributed by atoms with van der Waals surface area (Å²) < 4.78 is 0. The first-order valence-corrected chi connectivity index (χ1v) is 0. The van der Waals surface area contributed by atoms with Crippen molar-refractivity contribution in [2.45, 2.75) is 0 Å². The van der Waals surface area contributed by atoms with Gasteiger partial charge >= 0.3 is 0 Å². The average molecular weight is 292 g/mol. The second kappa shape index (κ2) is 108. The van der Waals surface area contributed by atoms with E-state index in [9.17, 15) is 0 Å². The maximum atomic E-state index is 0. The molecule has 0 atom stereocenters. The Balaban J connectivity index is 0. The van der Waals surface area contributed by atoms with Gasteiger partial charge in [0.1, 0.15) is 0 Å². The van der Waals surface area contributed by atoms with Gasteiger partial charge in [-0.3, -0.25) is 0 Å². The van der Waals surface area contributed by atoms with Crippen molar-refractivity contribution in [3.05, 3.63) is 0 Å². The monoisotopic (exact) mass is 292 g/mol. The van der Waals surface area contributed by atoms with Crippen molar-refractivity contribution in [1.82, 2.24) is 0 Å². The van der Waals surface area contributed by atoms with E-state index in [1.165, 1.54) is 0 Å². The molecule has 6 N–H and O–H groups in total. The van der Waals surface area contributed by atoms with E-state index in [0.717, 1.165) is 0 Å². The third-order valence-corrected chi connectivity index (χ3v) is 0. The van der Waals surface area contributed by atoms with Gasteiger partial charge in [0.2, 0.25) is 0 Å². The number of hydrogen-bond acceptors (Lipinski definition) is 0. The predicted octanol–water partition coefficient (Wildman–Crippen LogP) is -3.67. The summed E-state index contributed by atoms with van der Waals surface area (Å²) >= 11 is 0. The van der Waals surface area contributed by atoms with Gasteiger partial charge in [-0.1, -0.05) is 0 Å². The Labute approximate surface area is 102 Å². The Kier molecular flexibility index (Phi) is 2000. The fraction of sp³-hybridized carbons (Fsp3) is 0. The van der Waals surface area contributed by atoms with Crippen molar-refractivity contribution >= 4 is 17.4 Å². The summed E-state index contributed by atoms with van der Waals surface area (Å²) in [5, 5.41) is 0. The summed E-state index contributed by atoms with van der Waals surface area (Å²) in [4.78, 5) is 0. The Hall–Kier alpha value is 2.54. The van der Waals surface area contributed by atoms with Gasteiger partial charge in [-0.2, -0.15) is 0 Å². The minimum atomic E-state index is 0. The van der Waals surface area contributed by atoms with E-state index in [-0.39, 0.29) is 103 Å². The minimum Gasteiger partial charge on any atom is -0.412 e. The van der Waals surface area contributed by atoms with E-state index in [1.54, 1.807) is 0 Å². The quantitative estimate of drug-likeness (QED) is 0.411. The molecule has 0 aliphatic carbocycles. The van der Waals surface area contributed by atoms with Crippen LogP contribution in [0.2, 0.25) is 0 Å². The van der Waals surface area contributed by atoms with Crippen LogP contribution in [0, 0.1) is 0 Å². The molecule has 3 nitrogen and oxygen atoms in total. The second-order valence-corrected chi connectivity index (χ2v) is 0. The Bertz CT molecular complexity index is 11.2. The Morgan fingerprint density at radius 2 is 0.375 bits per heavy atom. The second-order valence-electron chi connectivity index (χ2n) is 0. The average Bonchev–Trinajstić information content (AvgIpc) is 0. The Morgan fingerprint density at radius 1 is 0.375 bits per heavy atom. The van der Waals surface area contributed by atoms with Crippen LogP contribution in [0.25, 0.3) is 0 Å². The maximum Gasteiger partial charge on any atom is 0.187 e. The van der Waals surface area contributed by atoms with Crippen molar-refractivity contribution in [3.63, 3.8) is 0 Å². The molecule has 0 aliphatic heterocycles. The molecule has 0 aromatic carbocycles. The minimum absolute atomic E-state index is 0. The standard InChI is InChI=1S/Al.4Cr.3H2O.3H/h;;;;;3*1H2;;;. The molecular formula is H9AlCr4O3. The van der Waals surface area contributed by atoms with Gasteiger partial charge < -0.3 is 16.4 Å². The van der Waals surface area contributed by atoms with E-state index < -0.39 is 0 Å². The first kappa shape index (κ1) is 149. The van der Waals surface area contributed by atoms with Gasteiger partial charge in [0.05, 0.1) is 0 Å². The molecule has 0 heterocycles. The molecule has 54 valence electrons. The zero-order valence-corrected chi connectivity index (χ0v) is 8.23. The third-order valence-electron chi connectivity index (χ3n) is 0. The zero-order chi connectivity index (χ0) is 0. The van der Waals surface area contributed by atoms with Gasteiger partial charge in [-0.05, 0) is 0 Å². The summed E-state index contributed by atoms with van der Waals surface area (Å²) in [5.41, 5.74) is 0. The van der Waals surface area contributed by atoms with Crippen LogP contribution in [0.1, 0.15) is 0 Å². The first-order valence-electron chi connectivity index (χ1n) is 0. The summed E-state index contributed by atoms with van der Waals surface area (Å²) in [6, 6.07) is 0. The van der Waals surface area contributed by atoms with Gasteiger partial charge in [-0.25, -0.2) is 0 Å². The fourth-order valence-electron chi connectivity index (χ4n) is 0. The SMILES string of the molecule is O.O.O.[AlH3].[Cr].[Cr].[Cr].[Cr]. The summed E-state index contributed by atoms with van der Waals surface area (Å²) in [5.74, 6) is 0. The maximum absolute atomic E-state index is 0. The Morgan fingerprint density at radius 3 is 0.375 bits per heavy atom. The van der Waals surface area contributed by atoms with Crippen LogP contribution in [0.4, 0.5) is 0 Å². The predicted molar refractivity (Wildman–Crippen MR) is 20.8 cm³/mol. The molecule has 0 fully saturated rings. The normalized spacial score (nSPS) is 0. The molecule has 0 saturated carbocycles. The molecule has 0 aliphatic rings. The van der Waals surface area contributed by atoms with Crippen molar-refractivity contribution in [2.75, 3.05) is 0 Å². The topological polar surface area (TPSA) is 94.5 Å². The van der Waals surface area contributed by atoms with Crippen LogP contribution in [-0.4, -0.2) is 33.8 Å². The molecule has 0 unspecified atom stereocenters. The largest absolute Gasteiger partial charge is 0.412 e. The van der Waals surface area contributed by atoms with Crippen LogP contribution in [0.15, 0.2) is 0 Å². The van der Waals surface area contributed by atoms with E-state index in [2.05, 4.69) is 0 Å². The molecule has 0 radical (unpaired) electrons. The van der Waals surface area contributed by atoms with E-state index in [1.807, 2.05) is 0 Å². The van der Waals surface area contributed by atoms with Gasteiger partial charge in [0.25, 0.3) is 0 Å². The number of hydrogen-bond donors (Lipinski definition) is 0. The van der Waals surface area contributed by atoms with Gasteiger partial charge in [0, 0.05) is 69.4 Å². The molecule has 8 heavy (non-hydrogen) atoms. The van der Waals surface area contributed by atoms with Crippen molar-refractivity contribution < 1.29 is 85.9 Å². The molecule has 0 bridgehead atoms. The summed E-state index contributed by atoms with van der Waals surface area (Å²) in [7, 11) is 0. The van der Waals surface area contributed by atoms with Crippen LogP contribution in [0.5, 0.6) is 0 Å². The van der Waals surface area contributed by atoms with Crippen LogP contribution >= 0.6 is 0 Å². The van der Waals surface area contributed by atoms with E-state index in [0.29, 0.717) is 0 Å². The zero-order valence-electron chi connectivity index (χ0n) is 3.13. The van der Waals surface area contributed by atoms with Gasteiger partial charge in [-0.15, -0.1) is 0 Å². The smallest absolute Gasteiger partial charge is 0.187 e. The third kappa shape index (κ3) is 75.2. The first-order chi connectivity index (χ1) is 0.